The zero-order chi connectivity index (χ0) is 22.7. The third-order valence-electron chi connectivity index (χ3n) is 4.52. The number of nitrogens with zero attached hydrogens (tertiary/aromatic N) is 7. The van der Waals surface area contributed by atoms with Crippen LogP contribution in [0.1, 0.15) is 0 Å². The molecule has 0 spiro atoms. The van der Waals surface area contributed by atoms with E-state index in [2.05, 4.69) is 35.1 Å². The van der Waals surface area contributed by atoms with Gasteiger partial charge in [-0.05, 0) is 47.5 Å². The smallest absolute Gasteiger partial charge is 0.229 e. The summed E-state index contributed by atoms with van der Waals surface area (Å²) >= 11 is 0. The lowest BCUT2D eigenvalue weighted by Crippen LogP contribution is -2.09. The summed E-state index contributed by atoms with van der Waals surface area (Å²) in [4.78, 5) is 10.3. The molecular weight excluding hydrogens is 466 g/mol. The summed E-state index contributed by atoms with van der Waals surface area (Å²) in [5.41, 5.74) is 21.4. The van der Waals surface area contributed by atoms with Crippen LogP contribution < -0.4 is 10.0 Å². The van der Waals surface area contributed by atoms with Crippen molar-refractivity contribution >= 4 is 72.7 Å². The third kappa shape index (κ3) is 5.35. The van der Waals surface area contributed by atoms with Crippen molar-refractivity contribution < 1.29 is 8.42 Å². The molecule has 3 aromatic carbocycles. The van der Waals surface area contributed by atoms with Gasteiger partial charge in [-0.25, -0.2) is 13.4 Å². The Kier molecular flexibility index (Phi) is 6.76. The molecule has 0 fully saturated rings. The molecule has 0 atom stereocenters. The number of aromatic nitrogens is 1. The van der Waals surface area contributed by atoms with Crippen LogP contribution in [0, 0.1) is 0 Å². The first-order valence-corrected chi connectivity index (χ1v) is 11.1. The highest BCUT2D eigenvalue weighted by Crippen LogP contribution is 2.36. The van der Waals surface area contributed by atoms with Crippen LogP contribution in [0.5, 0.6) is 0 Å². The number of azide groups is 2. The van der Waals surface area contributed by atoms with E-state index in [0.29, 0.717) is 28.1 Å². The molecule has 0 saturated carbocycles. The molecule has 0 radical (unpaired) electrons. The molecule has 0 aliphatic carbocycles. The molecule has 1 aromatic heterocycles. The van der Waals surface area contributed by atoms with E-state index >= 15 is 0 Å². The lowest BCUT2D eigenvalue weighted by molar-refractivity contribution is 0.607. The standard InChI is InChI=1S/C20H15N9O2S.ClH/c1-32(30,31)27-13-4-2-12(3-5-13)23-20-16-8-6-14(25-28-21)10-18(16)24-19-11-15(26-29-22)7-9-17(19)20;/h2-11,27H,1H3,(H,23,24);1H. The van der Waals surface area contributed by atoms with Gasteiger partial charge in [-0.3, -0.25) is 4.72 Å². The topological polar surface area (TPSA) is 169 Å². The van der Waals surface area contributed by atoms with Crippen molar-refractivity contribution in [3.8, 4) is 0 Å². The van der Waals surface area contributed by atoms with Crippen molar-refractivity contribution in [2.45, 2.75) is 0 Å². The summed E-state index contributed by atoms with van der Waals surface area (Å²) in [6, 6.07) is 17.1. The van der Waals surface area contributed by atoms with E-state index in [-0.39, 0.29) is 12.4 Å². The van der Waals surface area contributed by atoms with Crippen molar-refractivity contribution in [1.29, 1.82) is 0 Å². The van der Waals surface area contributed by atoms with Gasteiger partial charge in [0.2, 0.25) is 10.0 Å². The Bertz CT molecular complexity index is 1480. The van der Waals surface area contributed by atoms with Crippen molar-refractivity contribution in [2.24, 2.45) is 10.2 Å². The molecule has 2 N–H and O–H groups in total. The number of pyridine rings is 1. The van der Waals surface area contributed by atoms with Gasteiger partial charge in [0.1, 0.15) is 0 Å². The van der Waals surface area contributed by atoms with Crippen molar-refractivity contribution in [3.05, 3.63) is 81.5 Å². The van der Waals surface area contributed by atoms with E-state index in [1.807, 2.05) is 0 Å². The number of benzene rings is 3. The Labute approximate surface area is 194 Å². The summed E-state index contributed by atoms with van der Waals surface area (Å²) in [5, 5.41) is 12.2. The maximum atomic E-state index is 11.4. The van der Waals surface area contributed by atoms with Gasteiger partial charge in [0, 0.05) is 43.3 Å². The number of hydrogen-bond donors (Lipinski definition) is 2. The first-order chi connectivity index (χ1) is 15.4. The maximum absolute atomic E-state index is 11.4. The van der Waals surface area contributed by atoms with E-state index in [9.17, 15) is 8.42 Å². The monoisotopic (exact) mass is 481 g/mol. The number of rotatable bonds is 6. The van der Waals surface area contributed by atoms with Crippen molar-refractivity contribution in [2.75, 3.05) is 16.3 Å². The van der Waals surface area contributed by atoms with E-state index in [4.69, 9.17) is 11.1 Å². The second kappa shape index (κ2) is 9.51. The molecule has 0 aliphatic rings. The highest BCUT2D eigenvalue weighted by Gasteiger charge is 2.11. The van der Waals surface area contributed by atoms with Gasteiger partial charge in [-0.15, -0.1) is 12.4 Å². The minimum atomic E-state index is -3.37. The van der Waals surface area contributed by atoms with Crippen LogP contribution in [0.15, 0.2) is 70.9 Å². The molecule has 13 heteroatoms. The normalized spacial score (nSPS) is 10.6. The van der Waals surface area contributed by atoms with Crippen LogP contribution in [0.25, 0.3) is 42.7 Å². The highest BCUT2D eigenvalue weighted by atomic mass is 35.5. The van der Waals surface area contributed by atoms with Gasteiger partial charge in [0.25, 0.3) is 0 Å². The quantitative estimate of drug-likeness (QED) is 0.133. The van der Waals surface area contributed by atoms with Crippen LogP contribution in [0.2, 0.25) is 0 Å². The van der Waals surface area contributed by atoms with Gasteiger partial charge in [-0.1, -0.05) is 34.5 Å². The number of halogens is 1. The molecule has 4 rings (SSSR count). The molecule has 0 bridgehead atoms. The minimum absolute atomic E-state index is 0. The summed E-state index contributed by atoms with van der Waals surface area (Å²) in [5.74, 6) is 0. The van der Waals surface area contributed by atoms with Gasteiger partial charge >= 0.3 is 0 Å². The Morgan fingerprint density at radius 2 is 1.30 bits per heavy atom. The average molecular weight is 482 g/mol. The van der Waals surface area contributed by atoms with Gasteiger partial charge in [0.05, 0.1) is 23.0 Å². The molecule has 0 unspecified atom stereocenters. The van der Waals surface area contributed by atoms with Crippen LogP contribution in [-0.2, 0) is 10.0 Å². The van der Waals surface area contributed by atoms with Crippen LogP contribution in [-0.4, -0.2) is 19.7 Å². The number of nitrogens with one attached hydrogen (secondary N) is 2. The number of hydrogen-bond acceptors (Lipinski definition) is 6. The highest BCUT2D eigenvalue weighted by molar-refractivity contribution is 7.92. The van der Waals surface area contributed by atoms with E-state index in [1.165, 1.54) is 0 Å². The Balaban J connectivity index is 0.00000306. The maximum Gasteiger partial charge on any atom is 0.229 e. The Morgan fingerprint density at radius 1 is 0.818 bits per heavy atom. The molecular formula is C20H16ClN9O2S. The van der Waals surface area contributed by atoms with Crippen molar-refractivity contribution in [1.82, 2.24) is 4.98 Å². The molecule has 0 saturated heterocycles. The molecule has 4 aromatic rings. The van der Waals surface area contributed by atoms with Crippen LogP contribution in [0.4, 0.5) is 28.4 Å². The lowest BCUT2D eigenvalue weighted by atomic mass is 10.1. The minimum Gasteiger partial charge on any atom is -0.354 e. The molecule has 166 valence electrons. The Morgan fingerprint density at radius 3 is 1.76 bits per heavy atom. The van der Waals surface area contributed by atoms with E-state index in [1.54, 1.807) is 60.7 Å². The average Bonchev–Trinajstić information content (AvgIpc) is 2.74. The van der Waals surface area contributed by atoms with Crippen LogP contribution in [0.3, 0.4) is 0 Å². The first-order valence-electron chi connectivity index (χ1n) is 9.19. The largest absolute Gasteiger partial charge is 0.354 e. The summed E-state index contributed by atoms with van der Waals surface area (Å²) in [7, 11) is -3.37. The van der Waals surface area contributed by atoms with Gasteiger partial charge in [0.15, 0.2) is 0 Å². The zero-order valence-electron chi connectivity index (χ0n) is 17.0. The third-order valence-corrected chi connectivity index (χ3v) is 5.13. The second-order valence-corrected chi connectivity index (χ2v) is 8.59. The number of fused-ring (bicyclic) bond motifs is 2. The first kappa shape index (κ1) is 23.5. The summed E-state index contributed by atoms with van der Waals surface area (Å²) in [6.45, 7) is 0. The van der Waals surface area contributed by atoms with E-state index in [0.717, 1.165) is 28.4 Å². The fourth-order valence-electron chi connectivity index (χ4n) is 3.27. The molecule has 0 amide bonds. The summed E-state index contributed by atoms with van der Waals surface area (Å²) < 4.78 is 25.3. The fraction of sp³-hybridized carbons (Fsp3) is 0.0500. The van der Waals surface area contributed by atoms with Gasteiger partial charge in [-0.2, -0.15) is 0 Å². The Hall–Kier alpha value is -4.21. The molecule has 1 heterocycles. The molecule has 0 aliphatic heterocycles. The zero-order valence-corrected chi connectivity index (χ0v) is 18.7. The lowest BCUT2D eigenvalue weighted by Gasteiger charge is -2.14. The van der Waals surface area contributed by atoms with E-state index < -0.39 is 10.0 Å². The number of sulfonamides is 1. The fourth-order valence-corrected chi connectivity index (χ4v) is 3.83. The molecule has 11 nitrogen and oxygen atoms in total. The second-order valence-electron chi connectivity index (χ2n) is 6.85. The SMILES string of the molecule is CS(=O)(=O)Nc1ccc(Nc2c3ccc(N=[N+]=[N-])cc3nc3cc(N=[N+]=[N-])ccc23)cc1.Cl. The summed E-state index contributed by atoms with van der Waals surface area (Å²) in [6.07, 6.45) is 1.09. The predicted octanol–water partition coefficient (Wildman–Crippen LogP) is 6.81. The van der Waals surface area contributed by atoms with Gasteiger partial charge < -0.3 is 5.32 Å². The van der Waals surface area contributed by atoms with Crippen molar-refractivity contribution in [3.63, 3.8) is 0 Å². The van der Waals surface area contributed by atoms with Crippen LogP contribution >= 0.6 is 12.4 Å². The predicted molar refractivity (Wildman–Crippen MR) is 132 cm³/mol. The molecule has 33 heavy (non-hydrogen) atoms. The number of anilines is 3.